The third kappa shape index (κ3) is 3.00. The van der Waals surface area contributed by atoms with Gasteiger partial charge in [0.15, 0.2) is 0 Å². The molecule has 0 amide bonds. The normalized spacial score (nSPS) is 12.2. The Labute approximate surface area is 125 Å². The summed E-state index contributed by atoms with van der Waals surface area (Å²) in [7, 11) is 1.62. The number of methoxy groups -OCH3 is 1. The van der Waals surface area contributed by atoms with E-state index in [-0.39, 0.29) is 5.38 Å². The lowest BCUT2D eigenvalue weighted by Crippen LogP contribution is -1.97. The number of rotatable bonds is 3. The molecule has 0 saturated heterocycles. The summed E-state index contributed by atoms with van der Waals surface area (Å²) >= 11 is 15.9. The minimum atomic E-state index is -0.285. The zero-order valence-corrected chi connectivity index (χ0v) is 12.8. The molecule has 0 spiro atoms. The fourth-order valence-corrected chi connectivity index (χ4v) is 2.48. The Balaban J connectivity index is 2.41. The van der Waals surface area contributed by atoms with Crippen LogP contribution in [0.15, 0.2) is 46.9 Å². The summed E-state index contributed by atoms with van der Waals surface area (Å²) in [5.74, 6) is 0.738. The van der Waals surface area contributed by atoms with E-state index in [1.165, 1.54) is 0 Å². The Hall–Kier alpha value is -0.700. The summed E-state index contributed by atoms with van der Waals surface area (Å²) in [4.78, 5) is 0. The summed E-state index contributed by atoms with van der Waals surface area (Å²) in [6, 6.07) is 13.3. The van der Waals surface area contributed by atoms with Crippen molar-refractivity contribution in [2.45, 2.75) is 5.38 Å². The fourth-order valence-electron chi connectivity index (χ4n) is 1.71. The van der Waals surface area contributed by atoms with Gasteiger partial charge in [-0.15, -0.1) is 11.6 Å². The van der Waals surface area contributed by atoms with E-state index in [1.807, 2.05) is 36.4 Å². The zero-order chi connectivity index (χ0) is 13.1. The van der Waals surface area contributed by atoms with Crippen molar-refractivity contribution >= 4 is 39.1 Å². The number of ether oxygens (including phenoxy) is 1. The predicted octanol–water partition coefficient (Wildman–Crippen LogP) is 5.44. The van der Waals surface area contributed by atoms with Crippen LogP contribution >= 0.6 is 39.1 Å². The van der Waals surface area contributed by atoms with Gasteiger partial charge in [0.25, 0.3) is 0 Å². The van der Waals surface area contributed by atoms with Crippen LogP contribution in [-0.4, -0.2) is 7.11 Å². The molecular formula is C14H11BrCl2O. The molecule has 0 aliphatic heterocycles. The topological polar surface area (TPSA) is 9.23 Å². The van der Waals surface area contributed by atoms with Gasteiger partial charge in [-0.05, 0) is 35.9 Å². The minimum Gasteiger partial charge on any atom is -0.496 e. The van der Waals surface area contributed by atoms with Crippen LogP contribution in [-0.2, 0) is 0 Å². The first-order valence-corrected chi connectivity index (χ1v) is 6.95. The van der Waals surface area contributed by atoms with Crippen molar-refractivity contribution < 1.29 is 4.74 Å². The van der Waals surface area contributed by atoms with Crippen LogP contribution in [0.2, 0.25) is 5.02 Å². The van der Waals surface area contributed by atoms with E-state index in [2.05, 4.69) is 15.9 Å². The van der Waals surface area contributed by atoms with Gasteiger partial charge in [0.2, 0.25) is 0 Å². The van der Waals surface area contributed by atoms with Crippen LogP contribution in [0.25, 0.3) is 0 Å². The quantitative estimate of drug-likeness (QED) is 0.673. The molecule has 2 aromatic carbocycles. The molecule has 2 rings (SSSR count). The van der Waals surface area contributed by atoms with E-state index in [1.54, 1.807) is 13.2 Å². The summed E-state index contributed by atoms with van der Waals surface area (Å²) in [5.41, 5.74) is 1.87. The third-order valence-corrected chi connectivity index (χ3v) is 3.88. The van der Waals surface area contributed by atoms with Crippen LogP contribution in [0.5, 0.6) is 5.75 Å². The second kappa shape index (κ2) is 5.96. The molecule has 4 heteroatoms. The van der Waals surface area contributed by atoms with Gasteiger partial charge in [-0.1, -0.05) is 39.7 Å². The molecular weight excluding hydrogens is 335 g/mol. The largest absolute Gasteiger partial charge is 0.496 e. The summed E-state index contributed by atoms with van der Waals surface area (Å²) in [6.45, 7) is 0. The van der Waals surface area contributed by atoms with Crippen molar-refractivity contribution in [3.8, 4) is 5.75 Å². The second-order valence-corrected chi connectivity index (χ2v) is 5.59. The number of benzene rings is 2. The van der Waals surface area contributed by atoms with Gasteiger partial charge < -0.3 is 4.74 Å². The number of alkyl halides is 1. The molecule has 1 nitrogen and oxygen atoms in total. The van der Waals surface area contributed by atoms with Gasteiger partial charge >= 0.3 is 0 Å². The molecule has 1 unspecified atom stereocenters. The molecule has 0 fully saturated rings. The molecule has 18 heavy (non-hydrogen) atoms. The molecule has 94 valence electrons. The first kappa shape index (κ1) is 13.7. The second-order valence-electron chi connectivity index (χ2n) is 3.80. The van der Waals surface area contributed by atoms with E-state index < -0.39 is 0 Å². The van der Waals surface area contributed by atoms with E-state index >= 15 is 0 Å². The smallest absolute Gasteiger partial charge is 0.123 e. The van der Waals surface area contributed by atoms with Crippen LogP contribution in [0, 0.1) is 0 Å². The van der Waals surface area contributed by atoms with Crippen LogP contribution < -0.4 is 4.74 Å². The van der Waals surface area contributed by atoms with Gasteiger partial charge in [-0.2, -0.15) is 0 Å². The van der Waals surface area contributed by atoms with Crippen molar-refractivity contribution in [1.82, 2.24) is 0 Å². The Kier molecular flexibility index (Phi) is 4.55. The van der Waals surface area contributed by atoms with Crippen molar-refractivity contribution in [1.29, 1.82) is 0 Å². The molecule has 0 saturated carbocycles. The van der Waals surface area contributed by atoms with E-state index in [9.17, 15) is 0 Å². The number of halogens is 3. The molecule has 0 heterocycles. The predicted molar refractivity (Wildman–Crippen MR) is 79.8 cm³/mol. The van der Waals surface area contributed by atoms with Gasteiger partial charge in [-0.3, -0.25) is 0 Å². The average molecular weight is 346 g/mol. The number of hydrogen-bond donors (Lipinski definition) is 0. The molecule has 0 aliphatic rings. The summed E-state index contributed by atoms with van der Waals surface area (Å²) in [6.07, 6.45) is 0. The van der Waals surface area contributed by atoms with Crippen molar-refractivity contribution in [3.63, 3.8) is 0 Å². The van der Waals surface area contributed by atoms with Gasteiger partial charge in [0.05, 0.1) is 12.5 Å². The van der Waals surface area contributed by atoms with Gasteiger partial charge in [0.1, 0.15) is 5.75 Å². The highest BCUT2D eigenvalue weighted by molar-refractivity contribution is 9.10. The van der Waals surface area contributed by atoms with Crippen LogP contribution in [0.3, 0.4) is 0 Å². The lowest BCUT2D eigenvalue weighted by Gasteiger charge is -2.14. The maximum absolute atomic E-state index is 6.49. The Morgan fingerprint density at radius 2 is 1.78 bits per heavy atom. The Morgan fingerprint density at radius 1 is 1.11 bits per heavy atom. The Bertz CT molecular complexity index is 540. The van der Waals surface area contributed by atoms with Crippen molar-refractivity contribution in [3.05, 3.63) is 63.1 Å². The fraction of sp³-hybridized carbons (Fsp3) is 0.143. The average Bonchev–Trinajstić information content (AvgIpc) is 2.39. The maximum atomic E-state index is 6.49. The van der Waals surface area contributed by atoms with E-state index in [0.717, 1.165) is 21.3 Å². The van der Waals surface area contributed by atoms with Crippen molar-refractivity contribution in [2.75, 3.05) is 7.11 Å². The molecule has 2 aromatic rings. The van der Waals surface area contributed by atoms with Gasteiger partial charge in [0, 0.05) is 15.1 Å². The molecule has 0 N–H and O–H groups in total. The zero-order valence-electron chi connectivity index (χ0n) is 9.66. The highest BCUT2D eigenvalue weighted by atomic mass is 79.9. The number of hydrogen-bond acceptors (Lipinski definition) is 1. The van der Waals surface area contributed by atoms with Crippen LogP contribution in [0.1, 0.15) is 16.5 Å². The molecule has 0 bridgehead atoms. The van der Waals surface area contributed by atoms with Crippen LogP contribution in [0.4, 0.5) is 0 Å². The molecule has 1 atom stereocenters. The van der Waals surface area contributed by atoms with E-state index in [4.69, 9.17) is 27.9 Å². The molecule has 0 radical (unpaired) electrons. The monoisotopic (exact) mass is 344 g/mol. The lowest BCUT2D eigenvalue weighted by atomic mass is 10.0. The molecule has 0 aromatic heterocycles. The van der Waals surface area contributed by atoms with Gasteiger partial charge in [-0.25, -0.2) is 0 Å². The summed E-state index contributed by atoms with van der Waals surface area (Å²) in [5, 5.41) is 0.361. The first-order valence-electron chi connectivity index (χ1n) is 5.35. The highest BCUT2D eigenvalue weighted by Gasteiger charge is 2.16. The maximum Gasteiger partial charge on any atom is 0.123 e. The first-order chi connectivity index (χ1) is 8.61. The third-order valence-electron chi connectivity index (χ3n) is 2.63. The highest BCUT2D eigenvalue weighted by Crippen LogP contribution is 2.36. The molecule has 0 aliphatic carbocycles. The van der Waals surface area contributed by atoms with Crippen molar-refractivity contribution in [2.24, 2.45) is 0 Å². The Morgan fingerprint density at radius 3 is 2.39 bits per heavy atom. The van der Waals surface area contributed by atoms with E-state index in [0.29, 0.717) is 5.02 Å². The minimum absolute atomic E-state index is 0.285. The summed E-state index contributed by atoms with van der Waals surface area (Å²) < 4.78 is 6.34. The standard InChI is InChI=1S/C14H11BrCl2O/c1-18-13-7-6-11(16)8-12(13)14(17)9-2-4-10(15)5-3-9/h2-8,14H,1H3. The SMILES string of the molecule is COc1ccc(Cl)cc1C(Cl)c1ccc(Br)cc1. The lowest BCUT2D eigenvalue weighted by molar-refractivity contribution is 0.410.